The SMILES string of the molecule is C/C=C(/C[C@@H](N)C(=O)O)c1ccccc1C. The fourth-order valence-corrected chi connectivity index (χ4v) is 1.64. The van der Waals surface area contributed by atoms with E-state index in [0.717, 1.165) is 16.7 Å². The van der Waals surface area contributed by atoms with Crippen molar-refractivity contribution in [1.29, 1.82) is 0 Å². The number of hydrogen-bond donors (Lipinski definition) is 2. The lowest BCUT2D eigenvalue weighted by Gasteiger charge is -2.12. The van der Waals surface area contributed by atoms with E-state index in [1.165, 1.54) is 0 Å². The van der Waals surface area contributed by atoms with Crippen LogP contribution >= 0.6 is 0 Å². The van der Waals surface area contributed by atoms with Gasteiger partial charge in [0.25, 0.3) is 0 Å². The molecule has 3 N–H and O–H groups in total. The summed E-state index contributed by atoms with van der Waals surface area (Å²) in [5, 5.41) is 8.79. The van der Waals surface area contributed by atoms with Crippen LogP contribution in [0.3, 0.4) is 0 Å². The Morgan fingerprint density at radius 3 is 2.62 bits per heavy atom. The highest BCUT2D eigenvalue weighted by Gasteiger charge is 2.15. The van der Waals surface area contributed by atoms with Gasteiger partial charge in [0.05, 0.1) is 0 Å². The Kier molecular flexibility index (Phi) is 4.26. The summed E-state index contributed by atoms with van der Waals surface area (Å²) >= 11 is 0. The third-order valence-electron chi connectivity index (χ3n) is 2.60. The lowest BCUT2D eigenvalue weighted by molar-refractivity contribution is -0.138. The number of aliphatic carboxylic acids is 1. The topological polar surface area (TPSA) is 63.3 Å². The number of carboxylic acids is 1. The van der Waals surface area contributed by atoms with Gasteiger partial charge in [-0.3, -0.25) is 4.79 Å². The molecule has 0 aliphatic carbocycles. The molecular formula is C13H17NO2. The molecule has 1 rings (SSSR count). The average Bonchev–Trinajstić information content (AvgIpc) is 2.26. The molecule has 1 aromatic rings. The predicted molar refractivity (Wildman–Crippen MR) is 65.1 cm³/mol. The van der Waals surface area contributed by atoms with E-state index < -0.39 is 12.0 Å². The molecule has 0 bridgehead atoms. The largest absolute Gasteiger partial charge is 0.480 e. The van der Waals surface area contributed by atoms with E-state index in [1.54, 1.807) is 0 Å². The fourth-order valence-electron chi connectivity index (χ4n) is 1.64. The standard InChI is InChI=1S/C13H17NO2/c1-3-10(8-12(14)13(15)16)11-7-5-4-6-9(11)2/h3-7,12H,8,14H2,1-2H3,(H,15,16)/b10-3-/t12-/m1/s1. The minimum Gasteiger partial charge on any atom is -0.480 e. The van der Waals surface area contributed by atoms with Gasteiger partial charge in [-0.15, -0.1) is 0 Å². The first-order valence-electron chi connectivity index (χ1n) is 5.25. The molecular weight excluding hydrogens is 202 g/mol. The Labute approximate surface area is 95.6 Å². The molecule has 0 radical (unpaired) electrons. The summed E-state index contributed by atoms with van der Waals surface area (Å²) in [7, 11) is 0. The summed E-state index contributed by atoms with van der Waals surface area (Å²) in [6, 6.07) is 7.05. The Hall–Kier alpha value is -1.61. The highest BCUT2D eigenvalue weighted by Crippen LogP contribution is 2.22. The molecule has 0 saturated heterocycles. The van der Waals surface area contributed by atoms with Gasteiger partial charge in [0, 0.05) is 0 Å². The van der Waals surface area contributed by atoms with Crippen molar-refractivity contribution < 1.29 is 9.90 Å². The predicted octanol–water partition coefficient (Wildman–Crippen LogP) is 2.20. The molecule has 3 nitrogen and oxygen atoms in total. The van der Waals surface area contributed by atoms with Gasteiger partial charge >= 0.3 is 5.97 Å². The summed E-state index contributed by atoms with van der Waals surface area (Å²) in [4.78, 5) is 10.7. The lowest BCUT2D eigenvalue weighted by atomic mass is 9.95. The lowest BCUT2D eigenvalue weighted by Crippen LogP contribution is -2.30. The maximum atomic E-state index is 10.7. The van der Waals surface area contributed by atoms with Crippen molar-refractivity contribution in [3.05, 3.63) is 41.5 Å². The van der Waals surface area contributed by atoms with Crippen LogP contribution in [-0.2, 0) is 4.79 Å². The van der Waals surface area contributed by atoms with E-state index in [-0.39, 0.29) is 0 Å². The number of carboxylic acid groups (broad SMARTS) is 1. The highest BCUT2D eigenvalue weighted by molar-refractivity contribution is 5.78. The second-order valence-corrected chi connectivity index (χ2v) is 3.78. The smallest absolute Gasteiger partial charge is 0.320 e. The highest BCUT2D eigenvalue weighted by atomic mass is 16.4. The minimum atomic E-state index is -0.965. The Morgan fingerprint density at radius 2 is 2.12 bits per heavy atom. The third kappa shape index (κ3) is 2.94. The molecule has 86 valence electrons. The number of aryl methyl sites for hydroxylation is 1. The van der Waals surface area contributed by atoms with E-state index in [4.69, 9.17) is 10.8 Å². The summed E-state index contributed by atoms with van der Waals surface area (Å²) in [5.74, 6) is -0.965. The molecule has 0 aliphatic rings. The van der Waals surface area contributed by atoms with E-state index in [9.17, 15) is 4.79 Å². The number of carbonyl (C=O) groups is 1. The van der Waals surface area contributed by atoms with Crippen LogP contribution in [0.1, 0.15) is 24.5 Å². The van der Waals surface area contributed by atoms with Gasteiger partial charge in [-0.05, 0) is 37.0 Å². The summed E-state index contributed by atoms with van der Waals surface area (Å²) < 4.78 is 0. The average molecular weight is 219 g/mol. The van der Waals surface area contributed by atoms with Crippen molar-refractivity contribution in [3.63, 3.8) is 0 Å². The molecule has 0 unspecified atom stereocenters. The molecule has 1 aromatic carbocycles. The monoisotopic (exact) mass is 219 g/mol. The van der Waals surface area contributed by atoms with Crippen molar-refractivity contribution in [1.82, 2.24) is 0 Å². The number of benzene rings is 1. The van der Waals surface area contributed by atoms with Gasteiger partial charge in [0.15, 0.2) is 0 Å². The summed E-state index contributed by atoms with van der Waals surface area (Å²) in [6.07, 6.45) is 2.28. The Morgan fingerprint density at radius 1 is 1.50 bits per heavy atom. The van der Waals surface area contributed by atoms with E-state index >= 15 is 0 Å². The van der Waals surface area contributed by atoms with Crippen molar-refractivity contribution in [2.45, 2.75) is 26.3 Å². The second kappa shape index (κ2) is 5.47. The first-order chi connectivity index (χ1) is 7.56. The zero-order chi connectivity index (χ0) is 12.1. The molecule has 0 saturated carbocycles. The molecule has 0 aromatic heterocycles. The third-order valence-corrected chi connectivity index (χ3v) is 2.60. The van der Waals surface area contributed by atoms with Crippen LogP contribution in [0.25, 0.3) is 5.57 Å². The second-order valence-electron chi connectivity index (χ2n) is 3.78. The van der Waals surface area contributed by atoms with Gasteiger partial charge in [-0.2, -0.15) is 0 Å². The maximum absolute atomic E-state index is 10.7. The normalized spacial score (nSPS) is 13.6. The van der Waals surface area contributed by atoms with Crippen LogP contribution < -0.4 is 5.73 Å². The molecule has 0 heterocycles. The van der Waals surface area contributed by atoms with Crippen LogP contribution in [0.15, 0.2) is 30.3 Å². The van der Waals surface area contributed by atoms with Crippen molar-refractivity contribution >= 4 is 11.5 Å². The van der Waals surface area contributed by atoms with Crippen LogP contribution in [0.2, 0.25) is 0 Å². The molecule has 0 fully saturated rings. The van der Waals surface area contributed by atoms with Crippen LogP contribution in [0, 0.1) is 6.92 Å². The molecule has 0 spiro atoms. The quantitative estimate of drug-likeness (QED) is 0.816. The molecule has 1 atom stereocenters. The van der Waals surface area contributed by atoms with Gasteiger partial charge < -0.3 is 10.8 Å². The number of hydrogen-bond acceptors (Lipinski definition) is 2. The number of allylic oxidation sites excluding steroid dienone is 1. The van der Waals surface area contributed by atoms with Crippen molar-refractivity contribution in [3.8, 4) is 0 Å². The Balaban J connectivity index is 2.93. The van der Waals surface area contributed by atoms with Crippen LogP contribution in [0.5, 0.6) is 0 Å². The molecule has 16 heavy (non-hydrogen) atoms. The van der Waals surface area contributed by atoms with E-state index in [2.05, 4.69) is 0 Å². The zero-order valence-electron chi connectivity index (χ0n) is 9.60. The van der Waals surface area contributed by atoms with Gasteiger partial charge in [0.1, 0.15) is 6.04 Å². The molecule has 3 heteroatoms. The number of rotatable bonds is 4. The molecule has 0 aliphatic heterocycles. The Bertz CT molecular complexity index is 410. The summed E-state index contributed by atoms with van der Waals surface area (Å²) in [5.41, 5.74) is 8.72. The van der Waals surface area contributed by atoms with E-state index in [0.29, 0.717) is 6.42 Å². The first-order valence-corrected chi connectivity index (χ1v) is 5.25. The summed E-state index contributed by atoms with van der Waals surface area (Å²) in [6.45, 7) is 3.90. The van der Waals surface area contributed by atoms with Crippen LogP contribution in [-0.4, -0.2) is 17.1 Å². The number of nitrogens with two attached hydrogens (primary N) is 1. The van der Waals surface area contributed by atoms with Crippen LogP contribution in [0.4, 0.5) is 0 Å². The van der Waals surface area contributed by atoms with Crippen molar-refractivity contribution in [2.75, 3.05) is 0 Å². The molecule has 0 amide bonds. The fraction of sp³-hybridized carbons (Fsp3) is 0.308. The van der Waals surface area contributed by atoms with Gasteiger partial charge in [-0.1, -0.05) is 30.3 Å². The zero-order valence-corrected chi connectivity index (χ0v) is 9.60. The maximum Gasteiger partial charge on any atom is 0.320 e. The van der Waals surface area contributed by atoms with Gasteiger partial charge in [-0.25, -0.2) is 0 Å². The van der Waals surface area contributed by atoms with Gasteiger partial charge in [0.2, 0.25) is 0 Å². The van der Waals surface area contributed by atoms with Crippen molar-refractivity contribution in [2.24, 2.45) is 5.73 Å². The minimum absolute atomic E-state index is 0.358. The first kappa shape index (κ1) is 12.5. The van der Waals surface area contributed by atoms with E-state index in [1.807, 2.05) is 44.2 Å².